The van der Waals surface area contributed by atoms with Gasteiger partial charge in [-0.25, -0.2) is 4.79 Å². The number of ether oxygens (including phenoxy) is 2. The van der Waals surface area contributed by atoms with E-state index in [1.165, 1.54) is 6.07 Å². The van der Waals surface area contributed by atoms with Gasteiger partial charge >= 0.3 is 5.63 Å². The smallest absolute Gasteiger partial charge is 0.337 e. The Hall–Kier alpha value is -2.34. The number of carbonyl (C=O) groups excluding carboxylic acids is 1. The fourth-order valence-electron chi connectivity index (χ4n) is 2.78. The van der Waals surface area contributed by atoms with Gasteiger partial charge in [-0.3, -0.25) is 4.79 Å². The molecule has 6 nitrogen and oxygen atoms in total. The van der Waals surface area contributed by atoms with Crippen LogP contribution in [-0.4, -0.2) is 31.3 Å². The lowest BCUT2D eigenvalue weighted by Gasteiger charge is -2.13. The van der Waals surface area contributed by atoms with Gasteiger partial charge < -0.3 is 19.2 Å². The summed E-state index contributed by atoms with van der Waals surface area (Å²) in [6.45, 7) is 5.00. The maximum Gasteiger partial charge on any atom is 0.337 e. The van der Waals surface area contributed by atoms with Crippen molar-refractivity contribution in [3.63, 3.8) is 0 Å². The van der Waals surface area contributed by atoms with Crippen LogP contribution in [0.1, 0.15) is 37.0 Å². The fourth-order valence-corrected chi connectivity index (χ4v) is 2.78. The molecule has 0 radical (unpaired) electrons. The topological polar surface area (TPSA) is 77.8 Å². The van der Waals surface area contributed by atoms with Crippen LogP contribution in [0.2, 0.25) is 0 Å². The van der Waals surface area contributed by atoms with E-state index in [9.17, 15) is 9.59 Å². The van der Waals surface area contributed by atoms with Crippen molar-refractivity contribution < 1.29 is 18.7 Å². The van der Waals surface area contributed by atoms with Crippen molar-refractivity contribution in [2.45, 2.75) is 38.9 Å². The lowest BCUT2D eigenvalue weighted by Crippen LogP contribution is -2.32. The molecule has 3 rings (SSSR count). The average Bonchev–Trinajstić information content (AvgIpc) is 3.04. The third kappa shape index (κ3) is 3.76. The molecule has 1 aromatic carbocycles. The third-order valence-corrected chi connectivity index (χ3v) is 3.85. The molecular formula is C18H21NO5. The van der Waals surface area contributed by atoms with E-state index in [1.807, 2.05) is 13.8 Å². The molecule has 1 atom stereocenters. The van der Waals surface area contributed by atoms with Crippen LogP contribution in [0, 0.1) is 0 Å². The Morgan fingerprint density at radius 3 is 2.92 bits per heavy atom. The molecule has 1 saturated heterocycles. The molecule has 1 N–H and O–H groups in total. The molecule has 0 bridgehead atoms. The van der Waals surface area contributed by atoms with Crippen LogP contribution in [0.4, 0.5) is 0 Å². The molecule has 24 heavy (non-hydrogen) atoms. The summed E-state index contributed by atoms with van der Waals surface area (Å²) < 4.78 is 16.3. The Bertz CT molecular complexity index is 790. The minimum atomic E-state index is -0.563. The van der Waals surface area contributed by atoms with E-state index in [1.54, 1.807) is 18.2 Å². The van der Waals surface area contributed by atoms with E-state index in [0.29, 0.717) is 28.8 Å². The van der Waals surface area contributed by atoms with Crippen LogP contribution in [0.5, 0.6) is 5.75 Å². The number of hydrogen-bond acceptors (Lipinski definition) is 5. The van der Waals surface area contributed by atoms with E-state index >= 15 is 0 Å². The third-order valence-electron chi connectivity index (χ3n) is 3.85. The number of carbonyl (C=O) groups is 1. The zero-order valence-corrected chi connectivity index (χ0v) is 13.8. The summed E-state index contributed by atoms with van der Waals surface area (Å²) in [7, 11) is 0. The first-order valence-corrected chi connectivity index (χ1v) is 8.17. The molecule has 1 amide bonds. The maximum absolute atomic E-state index is 12.5. The van der Waals surface area contributed by atoms with Gasteiger partial charge in [-0.1, -0.05) is 0 Å². The Morgan fingerprint density at radius 2 is 2.21 bits per heavy atom. The van der Waals surface area contributed by atoms with Crippen molar-refractivity contribution in [3.05, 3.63) is 40.2 Å². The Kier molecular flexibility index (Phi) is 4.85. The number of hydrogen-bond donors (Lipinski definition) is 1. The number of fused-ring (bicyclic) bond motifs is 1. The summed E-state index contributed by atoms with van der Waals surface area (Å²) in [5.41, 5.74) is 0.0738. The zero-order valence-electron chi connectivity index (χ0n) is 13.8. The molecule has 0 aliphatic carbocycles. The van der Waals surface area contributed by atoms with Gasteiger partial charge in [0.2, 0.25) is 0 Å². The van der Waals surface area contributed by atoms with Crippen LogP contribution < -0.4 is 15.7 Å². The van der Waals surface area contributed by atoms with Gasteiger partial charge in [0.15, 0.2) is 0 Å². The van der Waals surface area contributed by atoms with E-state index in [0.717, 1.165) is 19.4 Å². The molecule has 1 aromatic heterocycles. The summed E-state index contributed by atoms with van der Waals surface area (Å²) >= 11 is 0. The van der Waals surface area contributed by atoms with Crippen LogP contribution >= 0.6 is 0 Å². The summed E-state index contributed by atoms with van der Waals surface area (Å²) in [4.78, 5) is 24.2. The van der Waals surface area contributed by atoms with E-state index in [2.05, 4.69) is 5.32 Å². The lowest BCUT2D eigenvalue weighted by molar-refractivity contribution is 0.0858. The van der Waals surface area contributed by atoms with Crippen LogP contribution in [0.3, 0.4) is 0 Å². The Morgan fingerprint density at radius 1 is 1.38 bits per heavy atom. The molecule has 1 aliphatic heterocycles. The molecule has 6 heteroatoms. The zero-order chi connectivity index (χ0) is 17.1. The normalized spacial score (nSPS) is 17.4. The number of rotatable bonds is 5. The Balaban J connectivity index is 1.86. The highest BCUT2D eigenvalue weighted by molar-refractivity contribution is 6.05. The van der Waals surface area contributed by atoms with Crippen molar-refractivity contribution in [3.8, 4) is 5.75 Å². The van der Waals surface area contributed by atoms with Gasteiger partial charge in [0.25, 0.3) is 5.91 Å². The van der Waals surface area contributed by atoms with Crippen molar-refractivity contribution in [1.29, 1.82) is 0 Å². The van der Waals surface area contributed by atoms with E-state index in [-0.39, 0.29) is 18.1 Å². The van der Waals surface area contributed by atoms with Crippen LogP contribution in [-0.2, 0) is 4.74 Å². The summed E-state index contributed by atoms with van der Waals surface area (Å²) in [6.07, 6.45) is 2.00. The van der Waals surface area contributed by atoms with Gasteiger partial charge in [0.05, 0.1) is 17.8 Å². The molecule has 0 saturated carbocycles. The van der Waals surface area contributed by atoms with E-state index < -0.39 is 5.63 Å². The van der Waals surface area contributed by atoms with Crippen molar-refractivity contribution >= 4 is 16.9 Å². The Labute approximate surface area is 139 Å². The van der Waals surface area contributed by atoms with Crippen molar-refractivity contribution in [2.24, 2.45) is 0 Å². The summed E-state index contributed by atoms with van der Waals surface area (Å²) in [5.74, 6) is 0.290. The second-order valence-electron chi connectivity index (χ2n) is 6.15. The molecule has 1 aliphatic rings. The van der Waals surface area contributed by atoms with Gasteiger partial charge in [-0.2, -0.15) is 0 Å². The predicted octanol–water partition coefficient (Wildman–Crippen LogP) is 2.49. The minimum absolute atomic E-state index is 0.00654. The molecule has 128 valence electrons. The highest BCUT2D eigenvalue weighted by Crippen LogP contribution is 2.23. The molecule has 2 aromatic rings. The second-order valence-corrected chi connectivity index (χ2v) is 6.15. The minimum Gasteiger partial charge on any atom is -0.491 e. The van der Waals surface area contributed by atoms with Crippen LogP contribution in [0.15, 0.2) is 33.5 Å². The second kappa shape index (κ2) is 7.05. The van der Waals surface area contributed by atoms with E-state index in [4.69, 9.17) is 13.9 Å². The first kappa shape index (κ1) is 16.5. The summed E-state index contributed by atoms with van der Waals surface area (Å²) in [6, 6.07) is 6.35. The first-order chi connectivity index (χ1) is 11.5. The number of amides is 1. The molecule has 1 fully saturated rings. The van der Waals surface area contributed by atoms with Crippen LogP contribution in [0.25, 0.3) is 11.0 Å². The standard InChI is InChI=1S/C18H21NO5/c1-11(2)23-12-5-6-14-15(9-17(20)24-16(14)8-12)18(21)19-10-13-4-3-7-22-13/h5-6,8-9,11,13H,3-4,7,10H2,1-2H3,(H,19,21). The van der Waals surface area contributed by atoms with Crippen molar-refractivity contribution in [2.75, 3.05) is 13.2 Å². The lowest BCUT2D eigenvalue weighted by atomic mass is 10.1. The van der Waals surface area contributed by atoms with Crippen molar-refractivity contribution in [1.82, 2.24) is 5.32 Å². The first-order valence-electron chi connectivity index (χ1n) is 8.17. The van der Waals surface area contributed by atoms with Gasteiger partial charge in [-0.05, 0) is 38.8 Å². The average molecular weight is 331 g/mol. The largest absolute Gasteiger partial charge is 0.491 e. The predicted molar refractivity (Wildman–Crippen MR) is 89.6 cm³/mol. The molecule has 1 unspecified atom stereocenters. The fraction of sp³-hybridized carbons (Fsp3) is 0.444. The van der Waals surface area contributed by atoms with Gasteiger partial charge in [-0.15, -0.1) is 0 Å². The highest BCUT2D eigenvalue weighted by Gasteiger charge is 2.18. The molecule has 2 heterocycles. The monoisotopic (exact) mass is 331 g/mol. The number of nitrogens with one attached hydrogen (secondary N) is 1. The maximum atomic E-state index is 12.5. The van der Waals surface area contributed by atoms with Gasteiger partial charge in [0, 0.05) is 30.7 Å². The molecule has 0 spiro atoms. The van der Waals surface area contributed by atoms with Gasteiger partial charge in [0.1, 0.15) is 11.3 Å². The number of benzene rings is 1. The quantitative estimate of drug-likeness (QED) is 0.852. The molecular weight excluding hydrogens is 310 g/mol. The SMILES string of the molecule is CC(C)Oc1ccc2c(C(=O)NCC3CCCO3)cc(=O)oc2c1. The summed E-state index contributed by atoms with van der Waals surface area (Å²) in [5, 5.41) is 3.41. The highest BCUT2D eigenvalue weighted by atomic mass is 16.5.